The van der Waals surface area contributed by atoms with Gasteiger partial charge in [0.05, 0.1) is 11.0 Å². The molecule has 1 aromatic rings. The molecule has 0 radical (unpaired) electrons. The van der Waals surface area contributed by atoms with Crippen molar-refractivity contribution in [3.05, 3.63) is 34.1 Å². The van der Waals surface area contributed by atoms with E-state index in [-0.39, 0.29) is 29.5 Å². The lowest BCUT2D eigenvalue weighted by molar-refractivity contribution is -0.386. The quantitative estimate of drug-likeness (QED) is 0.633. The fourth-order valence-corrected chi connectivity index (χ4v) is 2.72. The van der Waals surface area contributed by atoms with Crippen LogP contribution in [0.1, 0.15) is 32.6 Å². The number of benzene rings is 1. The van der Waals surface area contributed by atoms with E-state index in [0.717, 1.165) is 31.0 Å². The van der Waals surface area contributed by atoms with Crippen LogP contribution in [0.15, 0.2) is 18.2 Å². The summed E-state index contributed by atoms with van der Waals surface area (Å²) in [4.78, 5) is 23.4. The maximum atomic E-state index is 13.3. The Balaban J connectivity index is 2.01. The number of carbonyl (C=O) groups excluding carboxylic acids is 1. The van der Waals surface area contributed by atoms with Gasteiger partial charge in [-0.1, -0.05) is 0 Å². The molecule has 1 amide bonds. The zero-order valence-corrected chi connectivity index (χ0v) is 12.6. The van der Waals surface area contributed by atoms with E-state index >= 15 is 0 Å². The Morgan fingerprint density at radius 3 is 2.55 bits per heavy atom. The van der Waals surface area contributed by atoms with E-state index in [1.807, 2.05) is 0 Å². The number of amides is 1. The Kier molecular flexibility index (Phi) is 4.95. The van der Waals surface area contributed by atoms with Gasteiger partial charge in [0.1, 0.15) is 5.82 Å². The summed E-state index contributed by atoms with van der Waals surface area (Å²) in [6.45, 7) is 1.53. The van der Waals surface area contributed by atoms with Crippen molar-refractivity contribution in [3.63, 3.8) is 0 Å². The molecule has 7 heteroatoms. The summed E-state index contributed by atoms with van der Waals surface area (Å²) < 4.78 is 18.9. The van der Waals surface area contributed by atoms with Gasteiger partial charge in [-0.25, -0.2) is 4.39 Å². The molecule has 1 aromatic carbocycles. The van der Waals surface area contributed by atoms with Crippen LogP contribution in [0.25, 0.3) is 0 Å². The van der Waals surface area contributed by atoms with Gasteiger partial charge >= 0.3 is 5.69 Å². The predicted molar refractivity (Wildman–Crippen MR) is 78.2 cm³/mol. The number of nitro groups is 1. The first-order chi connectivity index (χ1) is 10.4. The number of nitro benzene ring substituents is 1. The van der Waals surface area contributed by atoms with Crippen molar-refractivity contribution in [1.82, 2.24) is 4.90 Å². The number of rotatable bonds is 4. The second-order valence-corrected chi connectivity index (χ2v) is 5.55. The van der Waals surface area contributed by atoms with Crippen LogP contribution in [-0.2, 0) is 4.79 Å². The third-order valence-corrected chi connectivity index (χ3v) is 4.10. The zero-order chi connectivity index (χ0) is 16.3. The lowest BCUT2D eigenvalue weighted by Gasteiger charge is -2.34. The van der Waals surface area contributed by atoms with Crippen LogP contribution in [0, 0.1) is 15.9 Å². The van der Waals surface area contributed by atoms with E-state index < -0.39 is 10.7 Å². The molecule has 1 fully saturated rings. The van der Waals surface area contributed by atoms with Crippen LogP contribution in [0.5, 0.6) is 5.75 Å². The van der Waals surface area contributed by atoms with Gasteiger partial charge in [-0.3, -0.25) is 14.9 Å². The zero-order valence-electron chi connectivity index (χ0n) is 12.6. The second kappa shape index (κ2) is 6.72. The van der Waals surface area contributed by atoms with Crippen molar-refractivity contribution in [1.29, 1.82) is 0 Å². The lowest BCUT2D eigenvalue weighted by atomic mass is 9.92. The molecule has 6 nitrogen and oxygen atoms in total. The van der Waals surface area contributed by atoms with Crippen LogP contribution < -0.4 is 4.74 Å². The van der Waals surface area contributed by atoms with E-state index in [1.54, 1.807) is 11.9 Å². The first-order valence-corrected chi connectivity index (χ1v) is 7.22. The fourth-order valence-electron chi connectivity index (χ4n) is 2.72. The van der Waals surface area contributed by atoms with E-state index in [1.165, 1.54) is 6.92 Å². The number of carbonyl (C=O) groups is 1. The Morgan fingerprint density at radius 1 is 1.36 bits per heavy atom. The average molecular weight is 310 g/mol. The molecule has 0 saturated heterocycles. The highest BCUT2D eigenvalue weighted by Crippen LogP contribution is 2.32. The van der Waals surface area contributed by atoms with Crippen molar-refractivity contribution < 1.29 is 18.8 Å². The van der Waals surface area contributed by atoms with Crippen LogP contribution in [-0.4, -0.2) is 34.9 Å². The average Bonchev–Trinajstić information content (AvgIpc) is 2.47. The summed E-state index contributed by atoms with van der Waals surface area (Å²) in [7, 11) is 1.77. The van der Waals surface area contributed by atoms with Gasteiger partial charge in [0.25, 0.3) is 0 Å². The Hall–Kier alpha value is -2.18. The molecular formula is C15H19FN2O4. The smallest absolute Gasteiger partial charge is 0.311 e. The van der Waals surface area contributed by atoms with E-state index in [2.05, 4.69) is 0 Å². The molecule has 0 heterocycles. The first kappa shape index (κ1) is 16.2. The minimum atomic E-state index is -0.579. The third kappa shape index (κ3) is 3.72. The number of hydrogen-bond donors (Lipinski definition) is 0. The molecule has 2 rings (SSSR count). The van der Waals surface area contributed by atoms with Crippen molar-refractivity contribution >= 4 is 11.6 Å². The molecule has 0 bridgehead atoms. The van der Waals surface area contributed by atoms with Gasteiger partial charge in [-0.05, 0) is 31.7 Å². The number of hydrogen-bond acceptors (Lipinski definition) is 4. The first-order valence-electron chi connectivity index (χ1n) is 7.22. The highest BCUT2D eigenvalue weighted by atomic mass is 19.1. The fraction of sp³-hybridized carbons (Fsp3) is 0.533. The van der Waals surface area contributed by atoms with E-state index in [9.17, 15) is 19.3 Å². The van der Waals surface area contributed by atoms with Gasteiger partial charge < -0.3 is 9.64 Å². The molecule has 0 unspecified atom stereocenters. The summed E-state index contributed by atoms with van der Waals surface area (Å²) in [6.07, 6.45) is 2.69. The van der Waals surface area contributed by atoms with Crippen molar-refractivity contribution in [3.8, 4) is 5.75 Å². The monoisotopic (exact) mass is 310 g/mol. The van der Waals surface area contributed by atoms with Crippen LogP contribution in [0.2, 0.25) is 0 Å². The molecule has 0 spiro atoms. The summed E-state index contributed by atoms with van der Waals surface area (Å²) >= 11 is 0. The Morgan fingerprint density at radius 2 is 2.00 bits per heavy atom. The number of halogens is 1. The van der Waals surface area contributed by atoms with Gasteiger partial charge in [0, 0.05) is 32.1 Å². The van der Waals surface area contributed by atoms with Crippen LogP contribution in [0.3, 0.4) is 0 Å². The van der Waals surface area contributed by atoms with Crippen molar-refractivity contribution in [2.24, 2.45) is 0 Å². The molecule has 1 saturated carbocycles. The summed E-state index contributed by atoms with van der Waals surface area (Å²) in [5.74, 6) is -0.580. The maximum Gasteiger partial charge on any atom is 0.311 e. The van der Waals surface area contributed by atoms with Crippen LogP contribution in [0.4, 0.5) is 10.1 Å². The van der Waals surface area contributed by atoms with Gasteiger partial charge in [-0.15, -0.1) is 0 Å². The largest absolute Gasteiger partial charge is 0.483 e. The Labute approximate surface area is 128 Å². The van der Waals surface area contributed by atoms with Gasteiger partial charge in [0.15, 0.2) is 5.75 Å². The van der Waals surface area contributed by atoms with E-state index in [0.29, 0.717) is 12.8 Å². The molecule has 0 atom stereocenters. The lowest BCUT2D eigenvalue weighted by Crippen LogP contribution is -2.40. The molecule has 1 aliphatic carbocycles. The van der Waals surface area contributed by atoms with Crippen molar-refractivity contribution in [2.75, 3.05) is 7.05 Å². The third-order valence-electron chi connectivity index (χ3n) is 4.10. The molecule has 22 heavy (non-hydrogen) atoms. The molecular weight excluding hydrogens is 291 g/mol. The Bertz CT molecular complexity index is 571. The standard InChI is InChI=1S/C15H19FN2O4/c1-10(19)17(2)12-4-6-13(7-5-12)22-15-9-11(16)3-8-14(15)18(20)21/h3,8-9,12-13H,4-7H2,1-2H3/t12-,13-. The van der Waals surface area contributed by atoms with E-state index in [4.69, 9.17) is 4.74 Å². The summed E-state index contributed by atoms with van der Waals surface area (Å²) in [5.41, 5.74) is -0.232. The number of ether oxygens (including phenoxy) is 1. The molecule has 1 aliphatic rings. The van der Waals surface area contributed by atoms with Gasteiger partial charge in [-0.2, -0.15) is 0 Å². The number of nitrogens with zero attached hydrogens (tertiary/aromatic N) is 2. The highest BCUT2D eigenvalue weighted by molar-refractivity contribution is 5.73. The van der Waals surface area contributed by atoms with Crippen LogP contribution >= 0.6 is 0 Å². The molecule has 0 aromatic heterocycles. The maximum absolute atomic E-state index is 13.3. The van der Waals surface area contributed by atoms with Gasteiger partial charge in [0.2, 0.25) is 5.91 Å². The highest BCUT2D eigenvalue weighted by Gasteiger charge is 2.28. The summed E-state index contributed by atoms with van der Waals surface area (Å²) in [5, 5.41) is 11.0. The minimum Gasteiger partial charge on any atom is -0.483 e. The SMILES string of the molecule is CC(=O)N(C)[C@H]1CC[C@H](Oc2cc(F)ccc2[N+](=O)[O-])CC1. The molecule has 120 valence electrons. The second-order valence-electron chi connectivity index (χ2n) is 5.55. The van der Waals surface area contributed by atoms with Crippen molar-refractivity contribution in [2.45, 2.75) is 44.8 Å². The molecule has 0 aliphatic heterocycles. The summed E-state index contributed by atoms with van der Waals surface area (Å²) in [6, 6.07) is 3.37. The normalized spacial score (nSPS) is 21.2. The topological polar surface area (TPSA) is 72.7 Å². The predicted octanol–water partition coefficient (Wildman–Crippen LogP) is 2.90. The molecule has 0 N–H and O–H groups in total. The minimum absolute atomic E-state index is 0.0186.